The maximum atomic E-state index is 11.7. The van der Waals surface area contributed by atoms with Gasteiger partial charge in [-0.25, -0.2) is 5.43 Å². The minimum absolute atomic E-state index is 0.166. The van der Waals surface area contributed by atoms with E-state index in [1.807, 2.05) is 31.2 Å². The van der Waals surface area contributed by atoms with Crippen molar-refractivity contribution in [1.29, 1.82) is 0 Å². The summed E-state index contributed by atoms with van der Waals surface area (Å²) in [7, 11) is 0. The van der Waals surface area contributed by atoms with E-state index < -0.39 is 0 Å². The lowest BCUT2D eigenvalue weighted by atomic mass is 10.2. The molecule has 0 bridgehead atoms. The van der Waals surface area contributed by atoms with Crippen molar-refractivity contribution in [2.24, 2.45) is 5.10 Å². The van der Waals surface area contributed by atoms with Crippen LogP contribution in [0.1, 0.15) is 11.1 Å². The van der Waals surface area contributed by atoms with Crippen molar-refractivity contribution >= 4 is 52.0 Å². The second-order valence-electron chi connectivity index (χ2n) is 4.66. The first kappa shape index (κ1) is 16.8. The molecule has 0 aliphatic rings. The third kappa shape index (κ3) is 5.31. The molecule has 0 aromatic heterocycles. The molecule has 0 aliphatic heterocycles. The van der Waals surface area contributed by atoms with Gasteiger partial charge in [-0.05, 0) is 71.0 Å². The van der Waals surface area contributed by atoms with Crippen LogP contribution in [0.2, 0.25) is 5.02 Å². The highest BCUT2D eigenvalue weighted by atomic mass is 127. The average Bonchev–Trinajstić information content (AvgIpc) is 2.48. The van der Waals surface area contributed by atoms with Crippen LogP contribution in [0.5, 0.6) is 0 Å². The Hall–Kier alpha value is -1.60. The van der Waals surface area contributed by atoms with Gasteiger partial charge in [0, 0.05) is 14.3 Å². The summed E-state index contributed by atoms with van der Waals surface area (Å²) in [6, 6.07) is 13.2. The van der Waals surface area contributed by atoms with Gasteiger partial charge in [-0.2, -0.15) is 5.10 Å². The molecule has 0 unspecified atom stereocenters. The lowest BCUT2D eigenvalue weighted by molar-refractivity contribution is -0.119. The molecule has 2 N–H and O–H groups in total. The van der Waals surface area contributed by atoms with Crippen LogP contribution in [0.4, 0.5) is 5.69 Å². The molecule has 0 saturated heterocycles. The molecule has 0 fully saturated rings. The Bertz CT molecular complexity index is 686. The summed E-state index contributed by atoms with van der Waals surface area (Å²) in [6.45, 7) is 2.17. The van der Waals surface area contributed by atoms with Crippen molar-refractivity contribution in [1.82, 2.24) is 5.43 Å². The number of carbonyl (C=O) groups excluding carboxylic acids is 1. The smallest absolute Gasteiger partial charge is 0.259 e. The number of benzene rings is 2. The predicted molar refractivity (Wildman–Crippen MR) is 99.6 cm³/mol. The van der Waals surface area contributed by atoms with Crippen LogP contribution in [-0.2, 0) is 4.79 Å². The van der Waals surface area contributed by atoms with Crippen molar-refractivity contribution < 1.29 is 4.79 Å². The first-order chi connectivity index (χ1) is 10.5. The lowest BCUT2D eigenvalue weighted by Crippen LogP contribution is -2.26. The average molecular weight is 428 g/mol. The molecule has 114 valence electrons. The molecule has 2 aromatic carbocycles. The number of rotatable bonds is 5. The maximum absolute atomic E-state index is 11.7. The Kier molecular flexibility index (Phi) is 6.21. The fourth-order valence-corrected chi connectivity index (χ4v) is 2.54. The van der Waals surface area contributed by atoms with Crippen molar-refractivity contribution in [2.45, 2.75) is 6.92 Å². The van der Waals surface area contributed by atoms with Crippen LogP contribution >= 0.6 is 34.2 Å². The summed E-state index contributed by atoms with van der Waals surface area (Å²) in [6.07, 6.45) is 1.57. The number of nitrogens with zero attached hydrogens (tertiary/aromatic N) is 1. The number of carbonyl (C=O) groups is 1. The summed E-state index contributed by atoms with van der Waals surface area (Å²) in [5.41, 5.74) is 5.39. The number of aryl methyl sites for hydroxylation is 1. The van der Waals surface area contributed by atoms with E-state index in [0.717, 1.165) is 20.4 Å². The second kappa shape index (κ2) is 8.14. The molecule has 2 rings (SSSR count). The minimum Gasteiger partial charge on any atom is -0.376 e. The van der Waals surface area contributed by atoms with E-state index in [1.54, 1.807) is 18.3 Å². The van der Waals surface area contributed by atoms with E-state index in [-0.39, 0.29) is 12.5 Å². The fourth-order valence-electron chi connectivity index (χ4n) is 1.77. The highest BCUT2D eigenvalue weighted by Crippen LogP contribution is 2.17. The third-order valence-corrected chi connectivity index (χ3v) is 3.82. The highest BCUT2D eigenvalue weighted by Gasteiger charge is 2.02. The molecule has 2 aromatic rings. The van der Waals surface area contributed by atoms with Crippen molar-refractivity contribution in [3.05, 3.63) is 62.2 Å². The van der Waals surface area contributed by atoms with Gasteiger partial charge in [0.1, 0.15) is 0 Å². The van der Waals surface area contributed by atoms with Gasteiger partial charge in [-0.1, -0.05) is 23.7 Å². The molecular formula is C16H15ClIN3O. The van der Waals surface area contributed by atoms with Gasteiger partial charge < -0.3 is 5.32 Å². The molecule has 0 saturated carbocycles. The molecule has 1 amide bonds. The van der Waals surface area contributed by atoms with Crippen LogP contribution in [-0.4, -0.2) is 18.7 Å². The summed E-state index contributed by atoms with van der Waals surface area (Å²) >= 11 is 8.05. The Morgan fingerprint density at radius 1 is 1.27 bits per heavy atom. The molecule has 0 aliphatic carbocycles. The first-order valence-electron chi connectivity index (χ1n) is 6.62. The second-order valence-corrected chi connectivity index (χ2v) is 6.34. The number of hydrogen-bond donors (Lipinski definition) is 2. The molecule has 6 heteroatoms. The normalized spacial score (nSPS) is 10.7. The predicted octanol–water partition coefficient (Wildman–Crippen LogP) is 3.82. The number of nitrogens with one attached hydrogen (secondary N) is 2. The number of anilines is 1. The summed E-state index contributed by atoms with van der Waals surface area (Å²) in [5, 5.41) is 7.67. The zero-order valence-electron chi connectivity index (χ0n) is 11.9. The summed E-state index contributed by atoms with van der Waals surface area (Å²) in [5.74, 6) is -0.205. The van der Waals surface area contributed by atoms with Gasteiger partial charge in [0.15, 0.2) is 0 Å². The van der Waals surface area contributed by atoms with E-state index in [9.17, 15) is 4.79 Å². The highest BCUT2D eigenvalue weighted by molar-refractivity contribution is 14.1. The monoisotopic (exact) mass is 427 g/mol. The van der Waals surface area contributed by atoms with Crippen molar-refractivity contribution in [2.75, 3.05) is 11.9 Å². The van der Waals surface area contributed by atoms with Crippen LogP contribution in [0.3, 0.4) is 0 Å². The van der Waals surface area contributed by atoms with E-state index in [2.05, 4.69) is 44.5 Å². The summed E-state index contributed by atoms with van der Waals surface area (Å²) < 4.78 is 1.16. The molecule has 22 heavy (non-hydrogen) atoms. The molecule has 4 nitrogen and oxygen atoms in total. The van der Waals surface area contributed by atoms with E-state index in [0.29, 0.717) is 5.02 Å². The first-order valence-corrected chi connectivity index (χ1v) is 8.08. The zero-order chi connectivity index (χ0) is 15.9. The van der Waals surface area contributed by atoms with Crippen LogP contribution < -0.4 is 10.7 Å². The van der Waals surface area contributed by atoms with E-state index in [4.69, 9.17) is 11.6 Å². The molecule has 0 heterocycles. The number of hydrogen-bond acceptors (Lipinski definition) is 3. The number of hydrazone groups is 1. The Morgan fingerprint density at radius 3 is 2.68 bits per heavy atom. The standard InChI is InChI=1S/C16H15ClIN3O/c1-11-8-14(18)6-7-15(11)19-10-16(22)21-20-9-12-2-4-13(17)5-3-12/h2-9,19H,10H2,1H3,(H,21,22). The minimum atomic E-state index is -0.205. The quantitative estimate of drug-likeness (QED) is 0.433. The number of amides is 1. The third-order valence-electron chi connectivity index (χ3n) is 2.90. The van der Waals surface area contributed by atoms with Crippen LogP contribution in [0, 0.1) is 10.5 Å². The Labute approximate surface area is 148 Å². The zero-order valence-corrected chi connectivity index (χ0v) is 14.9. The van der Waals surface area contributed by atoms with Gasteiger partial charge in [0.05, 0.1) is 12.8 Å². The Balaban J connectivity index is 1.81. The van der Waals surface area contributed by atoms with Gasteiger partial charge in [0.25, 0.3) is 5.91 Å². The van der Waals surface area contributed by atoms with Gasteiger partial charge in [0.2, 0.25) is 0 Å². The fraction of sp³-hybridized carbons (Fsp3) is 0.125. The summed E-state index contributed by atoms with van der Waals surface area (Å²) in [4.78, 5) is 11.7. The molecule has 0 radical (unpaired) electrons. The SMILES string of the molecule is Cc1cc(I)ccc1NCC(=O)NN=Cc1ccc(Cl)cc1. The van der Waals surface area contributed by atoms with Crippen LogP contribution in [0.15, 0.2) is 47.6 Å². The molecule has 0 spiro atoms. The van der Waals surface area contributed by atoms with Gasteiger partial charge in [-0.3, -0.25) is 4.79 Å². The molecule has 0 atom stereocenters. The van der Waals surface area contributed by atoms with E-state index >= 15 is 0 Å². The topological polar surface area (TPSA) is 53.5 Å². The van der Waals surface area contributed by atoms with Crippen molar-refractivity contribution in [3.63, 3.8) is 0 Å². The van der Waals surface area contributed by atoms with Crippen molar-refractivity contribution in [3.8, 4) is 0 Å². The number of halogens is 2. The maximum Gasteiger partial charge on any atom is 0.259 e. The van der Waals surface area contributed by atoms with E-state index in [1.165, 1.54) is 0 Å². The largest absolute Gasteiger partial charge is 0.376 e. The lowest BCUT2D eigenvalue weighted by Gasteiger charge is -2.08. The van der Waals surface area contributed by atoms with Crippen LogP contribution in [0.25, 0.3) is 0 Å². The van der Waals surface area contributed by atoms with Gasteiger partial charge in [-0.15, -0.1) is 0 Å². The molecular weight excluding hydrogens is 413 g/mol. The van der Waals surface area contributed by atoms with Gasteiger partial charge >= 0.3 is 0 Å². The Morgan fingerprint density at radius 2 is 2.00 bits per heavy atom.